The van der Waals surface area contributed by atoms with Crippen molar-refractivity contribution in [3.05, 3.63) is 0 Å². The van der Waals surface area contributed by atoms with E-state index in [1.54, 1.807) is 0 Å². The number of esters is 1. The van der Waals surface area contributed by atoms with E-state index >= 15 is 0 Å². The number of nitrogens with zero attached hydrogens (tertiary/aromatic N) is 1. The van der Waals surface area contributed by atoms with Gasteiger partial charge in [0, 0.05) is 13.5 Å². The van der Waals surface area contributed by atoms with Crippen LogP contribution in [0.1, 0.15) is 13.3 Å². The van der Waals surface area contributed by atoms with E-state index in [4.69, 9.17) is 0 Å². The molecule has 1 fully saturated rings. The lowest BCUT2D eigenvalue weighted by Gasteiger charge is -2.14. The molecule has 2 N–H and O–H groups in total. The molecule has 1 atom stereocenters. The predicted molar refractivity (Wildman–Crippen MR) is 58.5 cm³/mol. The molecule has 0 spiro atoms. The molecule has 17 heavy (non-hydrogen) atoms. The summed E-state index contributed by atoms with van der Waals surface area (Å²) in [4.78, 5) is 35.0. The molecular formula is C10H17N3O4. The molecule has 1 unspecified atom stereocenters. The third kappa shape index (κ3) is 4.39. The van der Waals surface area contributed by atoms with E-state index in [9.17, 15) is 14.4 Å². The molecule has 0 saturated carbocycles. The summed E-state index contributed by atoms with van der Waals surface area (Å²) in [5.74, 6) is -1.03. The van der Waals surface area contributed by atoms with E-state index in [1.165, 1.54) is 14.0 Å². The highest BCUT2D eigenvalue weighted by Gasteiger charge is 2.29. The monoisotopic (exact) mass is 243 g/mol. The molecule has 0 aliphatic carbocycles. The Hall–Kier alpha value is -1.63. The van der Waals surface area contributed by atoms with Crippen molar-refractivity contribution >= 4 is 17.8 Å². The van der Waals surface area contributed by atoms with E-state index < -0.39 is 0 Å². The van der Waals surface area contributed by atoms with Gasteiger partial charge in [-0.2, -0.15) is 0 Å². The second-order valence-electron chi connectivity index (χ2n) is 3.97. The molecule has 1 rings (SSSR count). The quantitative estimate of drug-likeness (QED) is 0.472. The van der Waals surface area contributed by atoms with Crippen LogP contribution < -0.4 is 10.9 Å². The topological polar surface area (TPSA) is 87.7 Å². The van der Waals surface area contributed by atoms with Gasteiger partial charge in [0.2, 0.25) is 5.91 Å². The maximum absolute atomic E-state index is 11.4. The van der Waals surface area contributed by atoms with Crippen molar-refractivity contribution in [2.75, 3.05) is 26.7 Å². The van der Waals surface area contributed by atoms with Crippen LogP contribution in [-0.2, 0) is 19.1 Å². The zero-order valence-electron chi connectivity index (χ0n) is 9.99. The number of hydrazine groups is 1. The highest BCUT2D eigenvalue weighted by atomic mass is 16.5. The normalized spacial score (nSPS) is 19.8. The second kappa shape index (κ2) is 6.19. The summed E-state index contributed by atoms with van der Waals surface area (Å²) in [6.45, 7) is 2.66. The Labute approximate surface area is 99.4 Å². The first-order valence-electron chi connectivity index (χ1n) is 5.38. The Morgan fingerprint density at radius 2 is 2.06 bits per heavy atom. The Kier molecular flexibility index (Phi) is 4.89. The van der Waals surface area contributed by atoms with Crippen LogP contribution in [0, 0.1) is 5.92 Å². The molecule has 7 nitrogen and oxygen atoms in total. The number of nitrogens with one attached hydrogen (secondary N) is 2. The maximum Gasteiger partial charge on any atom is 0.310 e. The van der Waals surface area contributed by atoms with Gasteiger partial charge in [-0.15, -0.1) is 0 Å². The number of carbonyl (C=O) groups is 3. The number of carbonyl (C=O) groups excluding carboxylic acids is 3. The first kappa shape index (κ1) is 13.4. The summed E-state index contributed by atoms with van der Waals surface area (Å²) in [5.41, 5.74) is 4.48. The van der Waals surface area contributed by atoms with Crippen LogP contribution in [0.5, 0.6) is 0 Å². The van der Waals surface area contributed by atoms with Gasteiger partial charge in [0.05, 0.1) is 19.6 Å². The van der Waals surface area contributed by atoms with Gasteiger partial charge in [-0.1, -0.05) is 0 Å². The molecule has 0 radical (unpaired) electrons. The average molecular weight is 243 g/mol. The van der Waals surface area contributed by atoms with Gasteiger partial charge < -0.3 is 4.74 Å². The van der Waals surface area contributed by atoms with Gasteiger partial charge in [0.25, 0.3) is 5.91 Å². The molecule has 0 aromatic heterocycles. The third-order valence-electron chi connectivity index (χ3n) is 2.55. The van der Waals surface area contributed by atoms with E-state index in [-0.39, 0.29) is 30.2 Å². The van der Waals surface area contributed by atoms with Gasteiger partial charge in [-0.25, -0.2) is 0 Å². The number of likely N-dealkylation sites (tertiary alicyclic amines) is 1. The first-order chi connectivity index (χ1) is 8.02. The minimum absolute atomic E-state index is 0.159. The minimum atomic E-state index is -0.327. The number of ether oxygens (including phenoxy) is 1. The smallest absolute Gasteiger partial charge is 0.310 e. The molecule has 1 heterocycles. The number of hydrogen-bond acceptors (Lipinski definition) is 5. The standard InChI is InChI=1S/C10H17N3O4/c1-7(14)11-12-9(15)6-13-4-3-8(5-13)10(16)17-2/h8H,3-6H2,1-2H3,(H,11,14)(H,12,15). The number of rotatable bonds is 3. The van der Waals surface area contributed by atoms with E-state index in [0.717, 1.165) is 0 Å². The lowest BCUT2D eigenvalue weighted by Crippen LogP contribution is -2.45. The summed E-state index contributed by atoms with van der Waals surface area (Å²) in [6.07, 6.45) is 0.695. The molecule has 2 amide bonds. The zero-order valence-corrected chi connectivity index (χ0v) is 9.99. The maximum atomic E-state index is 11.4. The van der Waals surface area contributed by atoms with Crippen LogP contribution in [0.3, 0.4) is 0 Å². The molecule has 0 bridgehead atoms. The number of hydrogen-bond donors (Lipinski definition) is 2. The predicted octanol–water partition coefficient (Wildman–Crippen LogP) is -1.35. The van der Waals surface area contributed by atoms with Crippen molar-refractivity contribution in [1.29, 1.82) is 0 Å². The second-order valence-corrected chi connectivity index (χ2v) is 3.97. The molecule has 0 aromatic carbocycles. The fraction of sp³-hybridized carbons (Fsp3) is 0.700. The van der Waals surface area contributed by atoms with Crippen LogP contribution >= 0.6 is 0 Å². The van der Waals surface area contributed by atoms with Crippen molar-refractivity contribution in [3.63, 3.8) is 0 Å². The third-order valence-corrected chi connectivity index (χ3v) is 2.55. The summed E-state index contributed by atoms with van der Waals surface area (Å²) >= 11 is 0. The molecular weight excluding hydrogens is 226 g/mol. The summed E-state index contributed by atoms with van der Waals surface area (Å²) in [6, 6.07) is 0. The van der Waals surface area contributed by atoms with Crippen molar-refractivity contribution in [3.8, 4) is 0 Å². The van der Waals surface area contributed by atoms with Gasteiger partial charge in [-0.05, 0) is 13.0 Å². The number of methoxy groups -OCH3 is 1. The Balaban J connectivity index is 2.27. The average Bonchev–Trinajstić information content (AvgIpc) is 2.73. The molecule has 1 saturated heterocycles. The fourth-order valence-corrected chi connectivity index (χ4v) is 1.74. The van der Waals surface area contributed by atoms with Gasteiger partial charge in [0.15, 0.2) is 0 Å². The molecule has 7 heteroatoms. The van der Waals surface area contributed by atoms with Crippen LogP contribution in [0.15, 0.2) is 0 Å². The number of amides is 2. The zero-order chi connectivity index (χ0) is 12.8. The van der Waals surface area contributed by atoms with E-state index in [1.807, 2.05) is 4.90 Å². The van der Waals surface area contributed by atoms with Crippen LogP contribution in [0.4, 0.5) is 0 Å². The molecule has 96 valence electrons. The SMILES string of the molecule is COC(=O)C1CCN(CC(=O)NNC(C)=O)C1. The minimum Gasteiger partial charge on any atom is -0.469 e. The summed E-state index contributed by atoms with van der Waals surface area (Å²) < 4.78 is 4.64. The summed E-state index contributed by atoms with van der Waals surface area (Å²) in [5, 5.41) is 0. The van der Waals surface area contributed by atoms with Crippen molar-refractivity contribution in [2.24, 2.45) is 5.92 Å². The Morgan fingerprint density at radius 1 is 1.35 bits per heavy atom. The van der Waals surface area contributed by atoms with E-state index in [2.05, 4.69) is 15.6 Å². The fourth-order valence-electron chi connectivity index (χ4n) is 1.74. The highest BCUT2D eigenvalue weighted by Crippen LogP contribution is 2.16. The first-order valence-corrected chi connectivity index (χ1v) is 5.38. The van der Waals surface area contributed by atoms with Gasteiger partial charge >= 0.3 is 5.97 Å². The molecule has 1 aliphatic rings. The Morgan fingerprint density at radius 3 is 2.65 bits per heavy atom. The van der Waals surface area contributed by atoms with Crippen LogP contribution in [0.25, 0.3) is 0 Å². The van der Waals surface area contributed by atoms with Gasteiger partial charge in [-0.3, -0.25) is 30.1 Å². The summed E-state index contributed by atoms with van der Waals surface area (Å²) in [7, 11) is 1.36. The lowest BCUT2D eigenvalue weighted by atomic mass is 10.1. The Bertz CT molecular complexity index is 319. The van der Waals surface area contributed by atoms with Crippen molar-refractivity contribution < 1.29 is 19.1 Å². The molecule has 0 aromatic rings. The lowest BCUT2D eigenvalue weighted by molar-refractivity contribution is -0.145. The van der Waals surface area contributed by atoms with Crippen molar-refractivity contribution in [1.82, 2.24) is 15.8 Å². The highest BCUT2D eigenvalue weighted by molar-refractivity contribution is 5.82. The van der Waals surface area contributed by atoms with Crippen LogP contribution in [0.2, 0.25) is 0 Å². The van der Waals surface area contributed by atoms with Gasteiger partial charge in [0.1, 0.15) is 0 Å². The molecule has 1 aliphatic heterocycles. The van der Waals surface area contributed by atoms with Crippen molar-refractivity contribution in [2.45, 2.75) is 13.3 Å². The van der Waals surface area contributed by atoms with Crippen LogP contribution in [-0.4, -0.2) is 49.4 Å². The largest absolute Gasteiger partial charge is 0.469 e. The van der Waals surface area contributed by atoms with E-state index in [0.29, 0.717) is 19.5 Å².